The second kappa shape index (κ2) is 6.64. The first-order valence-corrected chi connectivity index (χ1v) is 8.76. The van der Waals surface area contributed by atoms with Gasteiger partial charge in [0.25, 0.3) is 10.0 Å². The zero-order valence-electron chi connectivity index (χ0n) is 11.1. The molecule has 1 aromatic heterocycles. The highest BCUT2D eigenvalue weighted by Gasteiger charge is 2.21. The lowest BCUT2D eigenvalue weighted by atomic mass is 10.3. The lowest BCUT2D eigenvalue weighted by Crippen LogP contribution is -2.17. The van der Waals surface area contributed by atoms with E-state index in [0.29, 0.717) is 22.9 Å². The molecule has 0 atom stereocenters. The van der Waals surface area contributed by atoms with Gasteiger partial charge in [-0.15, -0.1) is 0 Å². The summed E-state index contributed by atoms with van der Waals surface area (Å²) in [5, 5.41) is 3.21. The first-order valence-electron chi connectivity index (χ1n) is 6.11. The number of halogens is 2. The molecule has 0 bridgehead atoms. The fourth-order valence-electron chi connectivity index (χ4n) is 1.70. The van der Waals surface area contributed by atoms with E-state index < -0.39 is 10.0 Å². The fraction of sp³-hybridized carbons (Fsp3) is 0.154. The Hall–Kier alpha value is -1.31. The Labute approximate surface area is 136 Å². The first kappa shape index (κ1) is 16.1. The van der Waals surface area contributed by atoms with E-state index in [4.69, 9.17) is 11.6 Å². The molecular formula is C13H13BrClN3O2S. The minimum Gasteiger partial charge on any atom is -0.383 e. The summed E-state index contributed by atoms with van der Waals surface area (Å²) >= 11 is 9.30. The van der Waals surface area contributed by atoms with Crippen molar-refractivity contribution in [2.45, 2.75) is 11.9 Å². The van der Waals surface area contributed by atoms with E-state index in [-0.39, 0.29) is 5.03 Å². The molecule has 0 unspecified atom stereocenters. The van der Waals surface area contributed by atoms with Crippen LogP contribution in [0.2, 0.25) is 5.02 Å². The summed E-state index contributed by atoms with van der Waals surface area (Å²) in [6.45, 7) is 2.47. The number of aromatic nitrogens is 1. The van der Waals surface area contributed by atoms with Crippen LogP contribution in [-0.4, -0.2) is 19.9 Å². The smallest absolute Gasteiger partial charge is 0.281 e. The molecule has 2 rings (SSSR count). The second-order valence-corrected chi connectivity index (χ2v) is 7.04. The average molecular weight is 391 g/mol. The molecule has 1 heterocycles. The summed E-state index contributed by atoms with van der Waals surface area (Å²) in [5.74, 6) is 0. The molecule has 1 aromatic carbocycles. The van der Waals surface area contributed by atoms with Crippen molar-refractivity contribution in [1.29, 1.82) is 0 Å². The highest BCUT2D eigenvalue weighted by Crippen LogP contribution is 2.28. The highest BCUT2D eigenvalue weighted by molar-refractivity contribution is 9.10. The lowest BCUT2D eigenvalue weighted by Gasteiger charge is -2.12. The maximum atomic E-state index is 12.5. The van der Waals surface area contributed by atoms with Crippen LogP contribution in [0.5, 0.6) is 0 Å². The molecule has 0 radical (unpaired) electrons. The predicted octanol–water partition coefficient (Wildman–Crippen LogP) is 3.73. The number of pyridine rings is 1. The van der Waals surface area contributed by atoms with Crippen molar-refractivity contribution in [2.75, 3.05) is 16.6 Å². The molecule has 5 nitrogen and oxygen atoms in total. The van der Waals surface area contributed by atoms with E-state index in [9.17, 15) is 8.42 Å². The summed E-state index contributed by atoms with van der Waals surface area (Å²) in [7, 11) is -3.82. The van der Waals surface area contributed by atoms with E-state index in [2.05, 4.69) is 31.0 Å². The van der Waals surface area contributed by atoms with Crippen molar-refractivity contribution in [3.63, 3.8) is 0 Å². The van der Waals surface area contributed by atoms with Gasteiger partial charge in [-0.1, -0.05) is 27.5 Å². The molecule has 2 aromatic rings. The minimum atomic E-state index is -3.82. The molecule has 0 aliphatic carbocycles. The molecule has 21 heavy (non-hydrogen) atoms. The lowest BCUT2D eigenvalue weighted by molar-refractivity contribution is 0.598. The number of hydrogen-bond donors (Lipinski definition) is 2. The van der Waals surface area contributed by atoms with E-state index in [1.54, 1.807) is 30.3 Å². The molecule has 0 aliphatic rings. The standard InChI is InChI=1S/C13H13BrClN3O2S/c1-2-16-12-4-3-7-17-13(12)21(19,20)18-11-6-5-9(14)8-10(11)15/h3-8,16,18H,2H2,1H3. The van der Waals surface area contributed by atoms with Gasteiger partial charge < -0.3 is 5.32 Å². The van der Waals surface area contributed by atoms with E-state index in [1.807, 2.05) is 6.92 Å². The van der Waals surface area contributed by atoms with Crippen molar-refractivity contribution in [2.24, 2.45) is 0 Å². The van der Waals surface area contributed by atoms with Crippen molar-refractivity contribution >= 4 is 48.9 Å². The van der Waals surface area contributed by atoms with Crippen LogP contribution in [0.25, 0.3) is 0 Å². The van der Waals surface area contributed by atoms with Crippen molar-refractivity contribution < 1.29 is 8.42 Å². The zero-order chi connectivity index (χ0) is 15.5. The third kappa shape index (κ3) is 3.87. The molecule has 0 saturated carbocycles. The number of benzene rings is 1. The topological polar surface area (TPSA) is 71.1 Å². The van der Waals surface area contributed by atoms with Gasteiger partial charge in [0, 0.05) is 17.2 Å². The van der Waals surface area contributed by atoms with Gasteiger partial charge in [0.05, 0.1) is 16.4 Å². The van der Waals surface area contributed by atoms with Gasteiger partial charge in [0.2, 0.25) is 0 Å². The Balaban J connectivity index is 2.39. The largest absolute Gasteiger partial charge is 0.383 e. The number of nitrogens with zero attached hydrogens (tertiary/aromatic N) is 1. The van der Waals surface area contributed by atoms with Gasteiger partial charge in [-0.3, -0.25) is 4.72 Å². The molecule has 0 fully saturated rings. The summed E-state index contributed by atoms with van der Waals surface area (Å²) in [6.07, 6.45) is 1.43. The third-order valence-corrected chi connectivity index (χ3v) is 4.70. The third-order valence-electron chi connectivity index (χ3n) is 2.57. The predicted molar refractivity (Wildman–Crippen MR) is 88.4 cm³/mol. The Morgan fingerprint density at radius 3 is 2.71 bits per heavy atom. The molecular weight excluding hydrogens is 378 g/mol. The van der Waals surface area contributed by atoms with Gasteiger partial charge in [0.1, 0.15) is 0 Å². The van der Waals surface area contributed by atoms with Gasteiger partial charge in [-0.05, 0) is 37.3 Å². The Morgan fingerprint density at radius 2 is 2.05 bits per heavy atom. The normalized spacial score (nSPS) is 11.2. The number of anilines is 2. The van der Waals surface area contributed by atoms with Gasteiger partial charge in [-0.2, -0.15) is 8.42 Å². The number of rotatable bonds is 5. The number of sulfonamides is 1. The monoisotopic (exact) mass is 389 g/mol. The molecule has 2 N–H and O–H groups in total. The van der Waals surface area contributed by atoms with Crippen molar-refractivity contribution in [1.82, 2.24) is 4.98 Å². The quantitative estimate of drug-likeness (QED) is 0.816. The maximum absolute atomic E-state index is 12.5. The first-order chi connectivity index (χ1) is 9.94. The zero-order valence-corrected chi connectivity index (χ0v) is 14.3. The summed E-state index contributed by atoms with van der Waals surface area (Å²) in [5.41, 5.74) is 0.744. The molecule has 0 spiro atoms. The fourth-order valence-corrected chi connectivity index (χ4v) is 3.67. The summed E-state index contributed by atoms with van der Waals surface area (Å²) < 4.78 is 28.1. The Bertz CT molecular complexity index is 753. The van der Waals surface area contributed by atoms with Crippen molar-refractivity contribution in [3.8, 4) is 0 Å². The number of hydrogen-bond acceptors (Lipinski definition) is 4. The van der Waals surface area contributed by atoms with Crippen LogP contribution >= 0.6 is 27.5 Å². The molecule has 8 heteroatoms. The minimum absolute atomic E-state index is 0.0640. The van der Waals surface area contributed by atoms with Gasteiger partial charge in [0.15, 0.2) is 5.03 Å². The van der Waals surface area contributed by atoms with E-state index >= 15 is 0 Å². The van der Waals surface area contributed by atoms with Gasteiger partial charge >= 0.3 is 0 Å². The van der Waals surface area contributed by atoms with Crippen LogP contribution in [0.1, 0.15) is 6.92 Å². The Kier molecular flexibility index (Phi) is 5.08. The molecule has 0 amide bonds. The highest BCUT2D eigenvalue weighted by atomic mass is 79.9. The average Bonchev–Trinajstić information content (AvgIpc) is 2.43. The van der Waals surface area contributed by atoms with Crippen molar-refractivity contribution in [3.05, 3.63) is 46.0 Å². The SMILES string of the molecule is CCNc1cccnc1S(=O)(=O)Nc1ccc(Br)cc1Cl. The molecule has 0 aliphatic heterocycles. The summed E-state index contributed by atoms with van der Waals surface area (Å²) in [6, 6.07) is 8.23. The molecule has 112 valence electrons. The Morgan fingerprint density at radius 1 is 1.29 bits per heavy atom. The van der Waals surface area contributed by atoms with E-state index in [1.165, 1.54) is 6.20 Å². The second-order valence-electron chi connectivity index (χ2n) is 4.12. The van der Waals surface area contributed by atoms with Crippen LogP contribution in [-0.2, 0) is 10.0 Å². The van der Waals surface area contributed by atoms with Crippen LogP contribution in [0, 0.1) is 0 Å². The van der Waals surface area contributed by atoms with Crippen LogP contribution in [0.15, 0.2) is 46.0 Å². The maximum Gasteiger partial charge on any atom is 0.281 e. The number of nitrogens with one attached hydrogen (secondary N) is 2. The van der Waals surface area contributed by atoms with Crippen LogP contribution < -0.4 is 10.0 Å². The molecule has 0 saturated heterocycles. The summed E-state index contributed by atoms with van der Waals surface area (Å²) in [4.78, 5) is 3.95. The van der Waals surface area contributed by atoms with Crippen LogP contribution in [0.4, 0.5) is 11.4 Å². The van der Waals surface area contributed by atoms with Crippen LogP contribution in [0.3, 0.4) is 0 Å². The van der Waals surface area contributed by atoms with Gasteiger partial charge in [-0.25, -0.2) is 4.98 Å². The van der Waals surface area contributed by atoms with E-state index in [0.717, 1.165) is 4.47 Å².